The van der Waals surface area contributed by atoms with Crippen LogP contribution in [0, 0.1) is 0 Å². The molecule has 0 saturated heterocycles. The standard InChI is InChI=1S/C15H21N3OS.HI/c1-12(2)18-15(17-11-14-6-4-10-20-14)16-8-7-13-5-3-9-19-13;/h3-6,9-10,12H,7-8,11H2,1-2H3,(H2,16,17,18);1H. The molecule has 6 heteroatoms. The Labute approximate surface area is 147 Å². The molecule has 0 aliphatic rings. The van der Waals surface area contributed by atoms with E-state index in [9.17, 15) is 0 Å². The monoisotopic (exact) mass is 419 g/mol. The van der Waals surface area contributed by atoms with E-state index in [1.807, 2.05) is 12.1 Å². The predicted molar refractivity (Wildman–Crippen MR) is 99.6 cm³/mol. The lowest BCUT2D eigenvalue weighted by Gasteiger charge is -2.14. The number of furan rings is 1. The highest BCUT2D eigenvalue weighted by atomic mass is 127. The first kappa shape index (κ1) is 18.0. The summed E-state index contributed by atoms with van der Waals surface area (Å²) in [5.41, 5.74) is 0. The summed E-state index contributed by atoms with van der Waals surface area (Å²) in [7, 11) is 0. The van der Waals surface area contributed by atoms with Crippen LogP contribution in [0.15, 0.2) is 45.3 Å². The van der Waals surface area contributed by atoms with E-state index in [4.69, 9.17) is 4.42 Å². The first-order chi connectivity index (χ1) is 9.74. The number of hydrogen-bond donors (Lipinski definition) is 2. The van der Waals surface area contributed by atoms with E-state index in [2.05, 4.69) is 47.0 Å². The molecule has 2 rings (SSSR count). The third-order valence-corrected chi connectivity index (χ3v) is 3.50. The molecule has 116 valence electrons. The van der Waals surface area contributed by atoms with Gasteiger partial charge in [-0.2, -0.15) is 0 Å². The maximum atomic E-state index is 5.32. The van der Waals surface area contributed by atoms with Crippen molar-refractivity contribution in [2.75, 3.05) is 6.54 Å². The van der Waals surface area contributed by atoms with Gasteiger partial charge in [0.2, 0.25) is 0 Å². The van der Waals surface area contributed by atoms with Crippen LogP contribution in [-0.4, -0.2) is 18.5 Å². The molecular formula is C15H22IN3OS. The Morgan fingerprint density at radius 2 is 2.19 bits per heavy atom. The predicted octanol–water partition coefficient (Wildman–Crippen LogP) is 3.65. The quantitative estimate of drug-likeness (QED) is 0.427. The maximum absolute atomic E-state index is 5.32. The summed E-state index contributed by atoms with van der Waals surface area (Å²) in [4.78, 5) is 5.86. The molecule has 0 atom stereocenters. The van der Waals surface area contributed by atoms with Crippen molar-refractivity contribution in [2.45, 2.75) is 32.9 Å². The van der Waals surface area contributed by atoms with Crippen LogP contribution >= 0.6 is 35.3 Å². The molecule has 0 aliphatic carbocycles. The summed E-state index contributed by atoms with van der Waals surface area (Å²) < 4.78 is 5.32. The molecule has 0 radical (unpaired) electrons. The lowest BCUT2D eigenvalue weighted by atomic mass is 10.3. The minimum absolute atomic E-state index is 0. The van der Waals surface area contributed by atoms with Gasteiger partial charge in [-0.1, -0.05) is 6.07 Å². The molecule has 0 unspecified atom stereocenters. The van der Waals surface area contributed by atoms with Gasteiger partial charge < -0.3 is 15.1 Å². The van der Waals surface area contributed by atoms with Crippen LogP contribution in [0.5, 0.6) is 0 Å². The van der Waals surface area contributed by atoms with E-state index in [0.717, 1.165) is 24.7 Å². The molecular weight excluding hydrogens is 397 g/mol. The van der Waals surface area contributed by atoms with Crippen LogP contribution in [0.1, 0.15) is 24.5 Å². The number of rotatable bonds is 6. The van der Waals surface area contributed by atoms with Crippen LogP contribution in [0.25, 0.3) is 0 Å². The van der Waals surface area contributed by atoms with Crippen molar-refractivity contribution in [3.63, 3.8) is 0 Å². The van der Waals surface area contributed by atoms with E-state index < -0.39 is 0 Å². The molecule has 0 aromatic carbocycles. The van der Waals surface area contributed by atoms with Crippen molar-refractivity contribution in [3.8, 4) is 0 Å². The molecule has 2 N–H and O–H groups in total. The van der Waals surface area contributed by atoms with Crippen molar-refractivity contribution >= 4 is 41.3 Å². The van der Waals surface area contributed by atoms with E-state index in [1.54, 1.807) is 17.6 Å². The van der Waals surface area contributed by atoms with Crippen molar-refractivity contribution in [2.24, 2.45) is 4.99 Å². The molecule has 0 aliphatic heterocycles. The number of nitrogens with one attached hydrogen (secondary N) is 2. The van der Waals surface area contributed by atoms with Crippen LogP contribution < -0.4 is 10.6 Å². The average Bonchev–Trinajstić information content (AvgIpc) is 3.08. The normalized spacial score (nSPS) is 11.3. The Bertz CT molecular complexity index is 509. The zero-order chi connectivity index (χ0) is 14.2. The van der Waals surface area contributed by atoms with Crippen molar-refractivity contribution in [3.05, 3.63) is 46.5 Å². The summed E-state index contributed by atoms with van der Waals surface area (Å²) >= 11 is 1.73. The minimum Gasteiger partial charge on any atom is -0.469 e. The van der Waals surface area contributed by atoms with E-state index in [1.165, 1.54) is 4.88 Å². The molecule has 2 aromatic heterocycles. The third-order valence-electron chi connectivity index (χ3n) is 2.64. The molecule has 0 amide bonds. The third kappa shape index (κ3) is 6.99. The molecule has 0 fully saturated rings. The van der Waals surface area contributed by atoms with Crippen LogP contribution in [0.4, 0.5) is 0 Å². The minimum atomic E-state index is 0. The first-order valence-corrected chi connectivity index (χ1v) is 7.71. The van der Waals surface area contributed by atoms with Crippen molar-refractivity contribution in [1.29, 1.82) is 0 Å². The summed E-state index contributed by atoms with van der Waals surface area (Å²) in [5.74, 6) is 1.83. The summed E-state index contributed by atoms with van der Waals surface area (Å²) in [6.45, 7) is 5.72. The smallest absolute Gasteiger partial charge is 0.191 e. The second kappa shape index (κ2) is 9.83. The number of halogens is 1. The molecule has 2 aromatic rings. The Hall–Kier alpha value is -1.02. The second-order valence-corrected chi connectivity index (χ2v) is 5.83. The van der Waals surface area contributed by atoms with Gasteiger partial charge in [0.25, 0.3) is 0 Å². The maximum Gasteiger partial charge on any atom is 0.191 e. The lowest BCUT2D eigenvalue weighted by Crippen LogP contribution is -2.41. The fourth-order valence-corrected chi connectivity index (χ4v) is 2.37. The SMILES string of the molecule is CC(C)NC(=NCc1cccs1)NCCc1ccco1.I. The lowest BCUT2D eigenvalue weighted by molar-refractivity contribution is 0.506. The first-order valence-electron chi connectivity index (χ1n) is 6.83. The summed E-state index contributed by atoms with van der Waals surface area (Å²) in [6.07, 6.45) is 2.55. The van der Waals surface area contributed by atoms with Gasteiger partial charge in [-0.05, 0) is 37.4 Å². The molecule has 2 heterocycles. The van der Waals surface area contributed by atoms with Gasteiger partial charge in [0.1, 0.15) is 5.76 Å². The van der Waals surface area contributed by atoms with Gasteiger partial charge in [0.15, 0.2) is 5.96 Å². The second-order valence-electron chi connectivity index (χ2n) is 4.80. The van der Waals surface area contributed by atoms with Crippen LogP contribution in [0.2, 0.25) is 0 Å². The zero-order valence-corrected chi connectivity index (χ0v) is 15.5. The topological polar surface area (TPSA) is 49.6 Å². The molecule has 0 spiro atoms. The van der Waals surface area contributed by atoms with E-state index in [-0.39, 0.29) is 24.0 Å². The Balaban J connectivity index is 0.00000220. The molecule has 0 bridgehead atoms. The summed E-state index contributed by atoms with van der Waals surface area (Å²) in [5, 5.41) is 8.74. The average molecular weight is 419 g/mol. The molecule has 4 nitrogen and oxygen atoms in total. The Kier molecular flexibility index (Phi) is 8.44. The van der Waals surface area contributed by atoms with Crippen molar-refractivity contribution in [1.82, 2.24) is 10.6 Å². The van der Waals surface area contributed by atoms with Crippen molar-refractivity contribution < 1.29 is 4.42 Å². The highest BCUT2D eigenvalue weighted by Gasteiger charge is 2.02. The van der Waals surface area contributed by atoms with Crippen LogP contribution in [0.3, 0.4) is 0 Å². The molecule has 0 saturated carbocycles. The van der Waals surface area contributed by atoms with E-state index >= 15 is 0 Å². The van der Waals surface area contributed by atoms with Gasteiger partial charge in [-0.25, -0.2) is 4.99 Å². The Morgan fingerprint density at radius 1 is 1.33 bits per heavy atom. The van der Waals surface area contributed by atoms with Gasteiger partial charge in [0, 0.05) is 23.9 Å². The number of nitrogens with zero attached hydrogens (tertiary/aromatic N) is 1. The van der Waals surface area contributed by atoms with Gasteiger partial charge in [-0.15, -0.1) is 35.3 Å². The molecule has 21 heavy (non-hydrogen) atoms. The highest BCUT2D eigenvalue weighted by Crippen LogP contribution is 2.09. The number of guanidine groups is 1. The highest BCUT2D eigenvalue weighted by molar-refractivity contribution is 14.0. The zero-order valence-electron chi connectivity index (χ0n) is 12.3. The largest absolute Gasteiger partial charge is 0.469 e. The van der Waals surface area contributed by atoms with E-state index in [0.29, 0.717) is 12.6 Å². The number of aliphatic imine (C=N–C) groups is 1. The fourth-order valence-electron chi connectivity index (χ4n) is 1.74. The number of hydrogen-bond acceptors (Lipinski definition) is 3. The summed E-state index contributed by atoms with van der Waals surface area (Å²) in [6, 6.07) is 8.40. The Morgan fingerprint density at radius 3 is 2.81 bits per heavy atom. The number of thiophene rings is 1. The van der Waals surface area contributed by atoms with Crippen LogP contribution in [-0.2, 0) is 13.0 Å². The van der Waals surface area contributed by atoms with Gasteiger partial charge in [-0.3, -0.25) is 0 Å². The fraction of sp³-hybridized carbons (Fsp3) is 0.400. The van der Waals surface area contributed by atoms with Gasteiger partial charge >= 0.3 is 0 Å². The van der Waals surface area contributed by atoms with Gasteiger partial charge in [0.05, 0.1) is 12.8 Å².